The summed E-state index contributed by atoms with van der Waals surface area (Å²) in [6.45, 7) is 5.26. The molecule has 0 heterocycles. The molecule has 0 aliphatic rings. The summed E-state index contributed by atoms with van der Waals surface area (Å²) in [4.78, 5) is 23.3. The molecule has 5 nitrogen and oxygen atoms in total. The lowest BCUT2D eigenvalue weighted by molar-refractivity contribution is -0.136. The highest BCUT2D eigenvalue weighted by atomic mass is 35.5. The zero-order valence-corrected chi connectivity index (χ0v) is 12.5. The maximum Gasteiger partial charge on any atom is 0.313 e. The van der Waals surface area contributed by atoms with E-state index < -0.39 is 17.4 Å². The van der Waals surface area contributed by atoms with Crippen LogP contribution in [0.4, 0.5) is 5.69 Å². The van der Waals surface area contributed by atoms with Gasteiger partial charge in [-0.05, 0) is 38.0 Å². The molecule has 0 aromatic heterocycles. The lowest BCUT2D eigenvalue weighted by atomic mass is 10.0. The Morgan fingerprint density at radius 2 is 2.00 bits per heavy atom. The van der Waals surface area contributed by atoms with Crippen molar-refractivity contribution in [2.75, 3.05) is 11.9 Å². The molecule has 0 unspecified atom stereocenters. The van der Waals surface area contributed by atoms with Gasteiger partial charge in [0.1, 0.15) is 0 Å². The van der Waals surface area contributed by atoms with Crippen LogP contribution in [0.1, 0.15) is 25.8 Å². The number of carbonyl (C=O) groups excluding carboxylic acids is 2. The minimum absolute atomic E-state index is 0.0113. The second kappa shape index (κ2) is 6.72. The number of halogens is 1. The maximum atomic E-state index is 11.7. The summed E-state index contributed by atoms with van der Waals surface area (Å²) in [5.74, 6) is -1.63. The fourth-order valence-corrected chi connectivity index (χ4v) is 1.66. The lowest BCUT2D eigenvalue weighted by Gasteiger charge is -2.21. The summed E-state index contributed by atoms with van der Waals surface area (Å²) < 4.78 is 0. The average molecular weight is 299 g/mol. The summed E-state index contributed by atoms with van der Waals surface area (Å²) in [6, 6.07) is 5.10. The van der Waals surface area contributed by atoms with Crippen LogP contribution in [0.2, 0.25) is 5.02 Å². The van der Waals surface area contributed by atoms with E-state index in [9.17, 15) is 14.7 Å². The van der Waals surface area contributed by atoms with Crippen LogP contribution in [0, 0.1) is 6.92 Å². The summed E-state index contributed by atoms with van der Waals surface area (Å²) in [5, 5.41) is 14.9. The molecule has 0 fully saturated rings. The van der Waals surface area contributed by atoms with Crippen molar-refractivity contribution >= 4 is 29.1 Å². The molecule has 20 heavy (non-hydrogen) atoms. The van der Waals surface area contributed by atoms with Crippen molar-refractivity contribution in [3.05, 3.63) is 28.8 Å². The molecule has 6 heteroatoms. The Morgan fingerprint density at radius 3 is 2.55 bits per heavy atom. The van der Waals surface area contributed by atoms with E-state index in [1.807, 2.05) is 6.92 Å². The first-order valence-electron chi connectivity index (χ1n) is 6.33. The highest BCUT2D eigenvalue weighted by molar-refractivity contribution is 6.41. The third kappa shape index (κ3) is 4.83. The number of carbonyl (C=O) groups is 2. The smallest absolute Gasteiger partial charge is 0.313 e. The predicted molar refractivity (Wildman–Crippen MR) is 78.7 cm³/mol. The van der Waals surface area contributed by atoms with Crippen molar-refractivity contribution in [3.8, 4) is 0 Å². The van der Waals surface area contributed by atoms with Crippen molar-refractivity contribution in [2.45, 2.75) is 32.8 Å². The summed E-state index contributed by atoms with van der Waals surface area (Å²) in [6.07, 6.45) is 0.471. The Morgan fingerprint density at radius 1 is 1.35 bits per heavy atom. The van der Waals surface area contributed by atoms with Crippen LogP contribution in [0.5, 0.6) is 0 Å². The predicted octanol–water partition coefficient (Wildman–Crippen LogP) is 1.86. The van der Waals surface area contributed by atoms with Gasteiger partial charge in [-0.3, -0.25) is 9.59 Å². The van der Waals surface area contributed by atoms with Gasteiger partial charge in [0.15, 0.2) is 0 Å². The second-order valence-corrected chi connectivity index (χ2v) is 5.38. The molecule has 2 amide bonds. The minimum atomic E-state index is -1.03. The van der Waals surface area contributed by atoms with Crippen molar-refractivity contribution in [2.24, 2.45) is 0 Å². The molecule has 110 valence electrons. The number of hydrogen-bond acceptors (Lipinski definition) is 3. The third-order valence-corrected chi connectivity index (χ3v) is 3.28. The highest BCUT2D eigenvalue weighted by Crippen LogP contribution is 2.22. The maximum absolute atomic E-state index is 11.7. The van der Waals surface area contributed by atoms with Gasteiger partial charge >= 0.3 is 11.8 Å². The molecule has 1 rings (SSSR count). The van der Waals surface area contributed by atoms with Crippen LogP contribution >= 0.6 is 11.6 Å². The number of hydrogen-bond donors (Lipinski definition) is 3. The van der Waals surface area contributed by atoms with E-state index in [1.165, 1.54) is 0 Å². The van der Waals surface area contributed by atoms with E-state index in [2.05, 4.69) is 10.6 Å². The number of benzene rings is 1. The lowest BCUT2D eigenvalue weighted by Crippen LogP contribution is -2.44. The van der Waals surface area contributed by atoms with Crippen LogP contribution < -0.4 is 10.6 Å². The van der Waals surface area contributed by atoms with Crippen LogP contribution in [0.3, 0.4) is 0 Å². The monoisotopic (exact) mass is 298 g/mol. The van der Waals surface area contributed by atoms with Gasteiger partial charge < -0.3 is 15.7 Å². The molecular weight excluding hydrogens is 280 g/mol. The van der Waals surface area contributed by atoms with E-state index in [4.69, 9.17) is 11.6 Å². The Balaban J connectivity index is 2.60. The van der Waals surface area contributed by atoms with E-state index in [1.54, 1.807) is 32.0 Å². The molecule has 1 aromatic carbocycles. The molecule has 1 aromatic rings. The number of aliphatic hydroxyl groups is 1. The first-order valence-corrected chi connectivity index (χ1v) is 6.70. The molecule has 0 aliphatic heterocycles. The Labute approximate surface area is 123 Å². The van der Waals surface area contributed by atoms with Gasteiger partial charge in [-0.25, -0.2) is 0 Å². The molecule has 0 spiro atoms. The van der Waals surface area contributed by atoms with Crippen molar-refractivity contribution < 1.29 is 14.7 Å². The fourth-order valence-electron chi connectivity index (χ4n) is 1.38. The van der Waals surface area contributed by atoms with Crippen molar-refractivity contribution in [3.63, 3.8) is 0 Å². The van der Waals surface area contributed by atoms with Gasteiger partial charge in [0.25, 0.3) is 0 Å². The van der Waals surface area contributed by atoms with Gasteiger partial charge in [0.05, 0.1) is 16.3 Å². The van der Waals surface area contributed by atoms with Crippen LogP contribution in [-0.2, 0) is 9.59 Å². The normalized spacial score (nSPS) is 13.4. The minimum Gasteiger partial charge on any atom is -0.388 e. The van der Waals surface area contributed by atoms with Gasteiger partial charge in [0.2, 0.25) is 0 Å². The Bertz CT molecular complexity index is 515. The highest BCUT2D eigenvalue weighted by Gasteiger charge is 2.21. The van der Waals surface area contributed by atoms with E-state index in [0.29, 0.717) is 17.1 Å². The number of aryl methyl sites for hydroxylation is 1. The molecule has 1 atom stereocenters. The Kier molecular flexibility index (Phi) is 5.53. The van der Waals surface area contributed by atoms with Gasteiger partial charge in [-0.1, -0.05) is 24.6 Å². The van der Waals surface area contributed by atoms with Crippen molar-refractivity contribution in [1.29, 1.82) is 0 Å². The second-order valence-electron chi connectivity index (χ2n) is 4.97. The van der Waals surface area contributed by atoms with E-state index in [-0.39, 0.29) is 6.54 Å². The topological polar surface area (TPSA) is 78.4 Å². The SMILES string of the molecule is CC[C@@](C)(O)CNC(=O)C(=O)Nc1ccc(C)cc1Cl. The van der Waals surface area contributed by atoms with E-state index >= 15 is 0 Å². The molecule has 0 aliphatic carbocycles. The fraction of sp³-hybridized carbons (Fsp3) is 0.429. The molecule has 0 saturated heterocycles. The van der Waals surface area contributed by atoms with Gasteiger partial charge in [0, 0.05) is 6.54 Å². The van der Waals surface area contributed by atoms with Crippen LogP contribution in [0.15, 0.2) is 18.2 Å². The number of anilines is 1. The summed E-state index contributed by atoms with van der Waals surface area (Å²) >= 11 is 5.96. The largest absolute Gasteiger partial charge is 0.388 e. The van der Waals surface area contributed by atoms with Gasteiger partial charge in [-0.15, -0.1) is 0 Å². The summed E-state index contributed by atoms with van der Waals surface area (Å²) in [5.41, 5.74) is 0.299. The molecule has 0 radical (unpaired) electrons. The Hall–Kier alpha value is -1.59. The molecular formula is C14H19ClN2O3. The third-order valence-electron chi connectivity index (χ3n) is 2.97. The molecule has 0 bridgehead atoms. The quantitative estimate of drug-likeness (QED) is 0.743. The zero-order chi connectivity index (χ0) is 15.3. The average Bonchev–Trinajstić information content (AvgIpc) is 2.39. The zero-order valence-electron chi connectivity index (χ0n) is 11.8. The standard InChI is InChI=1S/C14H19ClN2O3/c1-4-14(3,20)8-16-12(18)13(19)17-11-6-5-9(2)7-10(11)15/h5-7,20H,4,8H2,1-3H3,(H,16,18)(H,17,19)/t14-/m1/s1. The number of nitrogens with one attached hydrogen (secondary N) is 2. The first-order chi connectivity index (χ1) is 9.25. The summed E-state index contributed by atoms with van der Waals surface area (Å²) in [7, 11) is 0. The van der Waals surface area contributed by atoms with Gasteiger partial charge in [-0.2, -0.15) is 0 Å². The van der Waals surface area contributed by atoms with Crippen molar-refractivity contribution in [1.82, 2.24) is 5.32 Å². The van der Waals surface area contributed by atoms with Crippen LogP contribution in [-0.4, -0.2) is 29.1 Å². The first kappa shape index (κ1) is 16.5. The number of amides is 2. The molecule has 3 N–H and O–H groups in total. The van der Waals surface area contributed by atoms with E-state index in [0.717, 1.165) is 5.56 Å². The molecule has 0 saturated carbocycles. The number of rotatable bonds is 4. The van der Waals surface area contributed by atoms with Crippen LogP contribution in [0.25, 0.3) is 0 Å².